The number of nitrogens with two attached hydrogens (primary N) is 1. The lowest BCUT2D eigenvalue weighted by Crippen LogP contribution is -2.10. The van der Waals surface area contributed by atoms with Crippen LogP contribution in [0.2, 0.25) is 5.02 Å². The van der Waals surface area contributed by atoms with Gasteiger partial charge >= 0.3 is 0 Å². The van der Waals surface area contributed by atoms with Gasteiger partial charge in [0.05, 0.1) is 11.2 Å². The molecule has 35 heavy (non-hydrogen) atoms. The van der Waals surface area contributed by atoms with E-state index in [2.05, 4.69) is 40.8 Å². The number of nitrogens with zero attached hydrogens (tertiary/aromatic N) is 5. The summed E-state index contributed by atoms with van der Waals surface area (Å²) in [4.78, 5) is 20.0. The fourth-order valence-electron chi connectivity index (χ4n) is 3.07. The fraction of sp³-hybridized carbons (Fsp3) is 0. The summed E-state index contributed by atoms with van der Waals surface area (Å²) < 4.78 is 23.9. The van der Waals surface area contributed by atoms with Gasteiger partial charge in [-0.15, -0.1) is 0 Å². The molecule has 0 saturated heterocycles. The van der Waals surface area contributed by atoms with Crippen molar-refractivity contribution in [1.82, 2.24) is 20.3 Å². The predicted molar refractivity (Wildman–Crippen MR) is 126 cm³/mol. The number of hydrazone groups is 1. The zero-order chi connectivity index (χ0) is 24.4. The molecule has 0 bridgehead atoms. The van der Waals surface area contributed by atoms with E-state index < -0.39 is 11.7 Å². The topological polar surface area (TPSA) is 157 Å². The summed E-state index contributed by atoms with van der Waals surface area (Å²) in [6, 6.07) is 14.3. The molecule has 0 fully saturated rings. The van der Waals surface area contributed by atoms with Crippen molar-refractivity contribution in [3.63, 3.8) is 0 Å². The van der Waals surface area contributed by atoms with Gasteiger partial charge in [0, 0.05) is 16.8 Å². The summed E-state index contributed by atoms with van der Waals surface area (Å²) in [5.74, 6) is 0.273. The Balaban J connectivity index is 1.37. The number of furan rings is 1. The van der Waals surface area contributed by atoms with Crippen molar-refractivity contribution in [2.75, 3.05) is 10.7 Å². The van der Waals surface area contributed by atoms with E-state index in [1.54, 1.807) is 36.4 Å². The summed E-state index contributed by atoms with van der Waals surface area (Å²) in [6.45, 7) is 0. The number of anilines is 3. The smallest absolute Gasteiger partial charge is 0.248 e. The van der Waals surface area contributed by atoms with Gasteiger partial charge in [0.15, 0.2) is 11.6 Å². The Morgan fingerprint density at radius 2 is 1.86 bits per heavy atom. The Morgan fingerprint density at radius 3 is 2.63 bits per heavy atom. The van der Waals surface area contributed by atoms with Gasteiger partial charge in [-0.05, 0) is 52.8 Å². The molecule has 0 aliphatic heterocycles. The normalized spacial score (nSPS) is 11.3. The number of fused-ring (bicyclic) bond motifs is 1. The first-order chi connectivity index (χ1) is 17.0. The van der Waals surface area contributed by atoms with Crippen LogP contribution < -0.4 is 16.5 Å². The number of aromatic nitrogens is 4. The lowest BCUT2D eigenvalue weighted by Gasteiger charge is -2.09. The number of nitrogens with one attached hydrogen (secondary N) is 2. The van der Waals surface area contributed by atoms with E-state index in [0.717, 1.165) is 0 Å². The molecule has 2 aromatic carbocycles. The Bertz CT molecular complexity index is 1580. The molecule has 3 heterocycles. The van der Waals surface area contributed by atoms with Crippen LogP contribution in [0.5, 0.6) is 0 Å². The van der Waals surface area contributed by atoms with Crippen LogP contribution in [0.25, 0.3) is 22.6 Å². The SMILES string of the molecule is NC(=O)c1cccc(-c2ccc(/C=N/Nc3nc4nonc4nc3Nc3ccc(F)c(Cl)c3)o2)c1. The van der Waals surface area contributed by atoms with E-state index in [9.17, 15) is 9.18 Å². The van der Waals surface area contributed by atoms with Gasteiger partial charge in [-0.1, -0.05) is 23.7 Å². The molecule has 0 spiro atoms. The molecule has 0 atom stereocenters. The van der Waals surface area contributed by atoms with Crippen molar-refractivity contribution in [2.45, 2.75) is 0 Å². The highest BCUT2D eigenvalue weighted by Gasteiger charge is 2.14. The highest BCUT2D eigenvalue weighted by atomic mass is 35.5. The average molecular weight is 493 g/mol. The minimum absolute atomic E-state index is 0.0605. The van der Waals surface area contributed by atoms with E-state index in [4.69, 9.17) is 21.8 Å². The second-order valence-electron chi connectivity index (χ2n) is 7.10. The molecule has 0 aliphatic carbocycles. The largest absolute Gasteiger partial charge is 0.455 e. The quantitative estimate of drug-likeness (QED) is 0.222. The molecule has 11 nitrogen and oxygen atoms in total. The first-order valence-electron chi connectivity index (χ1n) is 9.98. The van der Waals surface area contributed by atoms with Crippen LogP contribution in [-0.4, -0.2) is 32.4 Å². The third-order valence-corrected chi connectivity index (χ3v) is 5.01. The molecule has 3 aromatic heterocycles. The zero-order valence-corrected chi connectivity index (χ0v) is 18.3. The van der Waals surface area contributed by atoms with Crippen molar-refractivity contribution in [2.24, 2.45) is 10.8 Å². The molecule has 0 radical (unpaired) electrons. The van der Waals surface area contributed by atoms with Gasteiger partial charge in [0.2, 0.25) is 17.2 Å². The number of primary amides is 1. The highest BCUT2D eigenvalue weighted by Crippen LogP contribution is 2.27. The molecule has 0 saturated carbocycles. The molecule has 174 valence electrons. The number of carbonyl (C=O) groups excluding carboxylic acids is 1. The number of amides is 1. The van der Waals surface area contributed by atoms with Crippen molar-refractivity contribution < 1.29 is 18.2 Å². The van der Waals surface area contributed by atoms with E-state index in [-0.39, 0.29) is 28.0 Å². The third kappa shape index (κ3) is 4.77. The molecule has 0 unspecified atom stereocenters. The predicted octanol–water partition coefficient (Wildman–Crippen LogP) is 4.35. The highest BCUT2D eigenvalue weighted by molar-refractivity contribution is 6.31. The summed E-state index contributed by atoms with van der Waals surface area (Å²) in [6.07, 6.45) is 1.42. The van der Waals surface area contributed by atoms with E-state index in [1.807, 2.05) is 0 Å². The van der Waals surface area contributed by atoms with Gasteiger partial charge in [-0.25, -0.2) is 14.0 Å². The maximum atomic E-state index is 13.5. The minimum Gasteiger partial charge on any atom is -0.455 e. The maximum absolute atomic E-state index is 13.5. The lowest BCUT2D eigenvalue weighted by molar-refractivity contribution is 0.100. The van der Waals surface area contributed by atoms with Gasteiger partial charge in [0.25, 0.3) is 0 Å². The number of halogens is 2. The van der Waals surface area contributed by atoms with Crippen molar-refractivity contribution in [3.05, 3.63) is 76.8 Å². The minimum atomic E-state index is -0.554. The van der Waals surface area contributed by atoms with Crippen LogP contribution in [0.3, 0.4) is 0 Å². The number of carbonyl (C=O) groups is 1. The lowest BCUT2D eigenvalue weighted by atomic mass is 10.1. The summed E-state index contributed by atoms with van der Waals surface area (Å²) in [5.41, 5.74) is 9.92. The van der Waals surface area contributed by atoms with Gasteiger partial charge in [0.1, 0.15) is 17.3 Å². The third-order valence-electron chi connectivity index (χ3n) is 4.72. The maximum Gasteiger partial charge on any atom is 0.248 e. The van der Waals surface area contributed by atoms with Crippen molar-refractivity contribution >= 4 is 52.3 Å². The van der Waals surface area contributed by atoms with Crippen molar-refractivity contribution in [3.8, 4) is 11.3 Å². The fourth-order valence-corrected chi connectivity index (χ4v) is 3.25. The van der Waals surface area contributed by atoms with Gasteiger partial charge in [-0.2, -0.15) is 10.1 Å². The van der Waals surface area contributed by atoms with Crippen LogP contribution in [0.4, 0.5) is 21.7 Å². The molecule has 5 rings (SSSR count). The molecule has 4 N–H and O–H groups in total. The van der Waals surface area contributed by atoms with Gasteiger partial charge in [-0.3, -0.25) is 10.2 Å². The van der Waals surface area contributed by atoms with Crippen LogP contribution in [-0.2, 0) is 0 Å². The Morgan fingerprint density at radius 1 is 1.06 bits per heavy atom. The summed E-state index contributed by atoms with van der Waals surface area (Å²) in [5, 5.41) is 14.4. The first-order valence-corrected chi connectivity index (χ1v) is 10.4. The Hall–Kier alpha value is -4.84. The molecule has 1 amide bonds. The van der Waals surface area contributed by atoms with Crippen LogP contribution in [0.1, 0.15) is 16.1 Å². The van der Waals surface area contributed by atoms with E-state index in [1.165, 1.54) is 24.4 Å². The number of rotatable bonds is 7. The van der Waals surface area contributed by atoms with E-state index >= 15 is 0 Å². The Labute approximate surface area is 200 Å². The standard InChI is InChI=1S/C22H14ClFN8O3/c23-15-9-13(4-6-16(15)24)27-19-20(29-22-21(28-19)31-35-32-22)30-26-10-14-5-7-17(34-14)11-2-1-3-12(8-11)18(25)33/h1-10H,(H2,25,33)(H,27,28,31)(H,29,30,32)/b26-10+. The summed E-state index contributed by atoms with van der Waals surface area (Å²) in [7, 11) is 0. The second-order valence-corrected chi connectivity index (χ2v) is 7.51. The average Bonchev–Trinajstić information content (AvgIpc) is 3.51. The van der Waals surface area contributed by atoms with Crippen LogP contribution >= 0.6 is 11.6 Å². The first kappa shape index (κ1) is 22.0. The van der Waals surface area contributed by atoms with Gasteiger partial charge < -0.3 is 15.5 Å². The Kier molecular flexibility index (Phi) is 5.77. The molecule has 5 aromatic rings. The number of hydrogen-bond donors (Lipinski definition) is 3. The molecular weight excluding hydrogens is 479 g/mol. The van der Waals surface area contributed by atoms with Crippen LogP contribution in [0, 0.1) is 5.82 Å². The zero-order valence-electron chi connectivity index (χ0n) is 17.6. The van der Waals surface area contributed by atoms with Crippen molar-refractivity contribution in [1.29, 1.82) is 0 Å². The molecular formula is C22H14ClFN8O3. The second kappa shape index (κ2) is 9.19. The summed E-state index contributed by atoms with van der Waals surface area (Å²) >= 11 is 5.86. The van der Waals surface area contributed by atoms with Crippen LogP contribution in [0.15, 0.2) is 68.7 Å². The molecule has 13 heteroatoms. The van der Waals surface area contributed by atoms with E-state index in [0.29, 0.717) is 28.3 Å². The number of benzene rings is 2. The number of hydrogen-bond acceptors (Lipinski definition) is 10. The molecule has 0 aliphatic rings. The monoisotopic (exact) mass is 492 g/mol.